The van der Waals surface area contributed by atoms with Crippen LogP contribution < -0.4 is 15.5 Å². The summed E-state index contributed by atoms with van der Waals surface area (Å²) in [5.74, 6) is -1.98. The first-order chi connectivity index (χ1) is 18.0. The van der Waals surface area contributed by atoms with E-state index in [1.807, 2.05) is 6.92 Å². The number of benzene rings is 1. The number of amides is 3. The van der Waals surface area contributed by atoms with E-state index >= 15 is 0 Å². The summed E-state index contributed by atoms with van der Waals surface area (Å²) in [5.41, 5.74) is 1.96. The van der Waals surface area contributed by atoms with Gasteiger partial charge in [0.1, 0.15) is 6.10 Å². The highest BCUT2D eigenvalue weighted by Gasteiger charge is 2.30. The van der Waals surface area contributed by atoms with Gasteiger partial charge in [0.15, 0.2) is 5.84 Å². The lowest BCUT2D eigenvalue weighted by molar-refractivity contribution is -0.160. The first-order valence-electron chi connectivity index (χ1n) is 12.3. The third-order valence-electron chi connectivity index (χ3n) is 5.91. The molecule has 3 amide bonds. The number of ether oxygens (including phenoxy) is 2. The molecule has 0 spiro atoms. The van der Waals surface area contributed by atoms with Crippen LogP contribution in [-0.4, -0.2) is 65.3 Å². The van der Waals surface area contributed by atoms with Gasteiger partial charge in [-0.3, -0.25) is 15.0 Å². The highest BCUT2D eigenvalue weighted by atomic mass is 16.7. The second-order valence-corrected chi connectivity index (χ2v) is 9.06. The molecule has 204 valence electrons. The van der Waals surface area contributed by atoms with Gasteiger partial charge < -0.3 is 30.2 Å². The van der Waals surface area contributed by atoms with Gasteiger partial charge in [0, 0.05) is 24.3 Å². The van der Waals surface area contributed by atoms with Crippen molar-refractivity contribution in [3.63, 3.8) is 0 Å². The summed E-state index contributed by atoms with van der Waals surface area (Å²) < 4.78 is 9.83. The van der Waals surface area contributed by atoms with E-state index in [9.17, 15) is 24.3 Å². The molecule has 1 aromatic heterocycles. The molecule has 2 aromatic rings. The monoisotopic (exact) mass is 527 g/mol. The molecule has 1 heterocycles. The van der Waals surface area contributed by atoms with E-state index < -0.39 is 25.0 Å². The number of carbonyl (C=O) groups is 4. The second kappa shape index (κ2) is 12.4. The third kappa shape index (κ3) is 6.76. The Bertz CT molecular complexity index is 1230. The fourth-order valence-corrected chi connectivity index (χ4v) is 3.55. The van der Waals surface area contributed by atoms with Crippen LogP contribution in [0.2, 0.25) is 0 Å². The summed E-state index contributed by atoms with van der Waals surface area (Å²) in [6, 6.07) is 4.82. The first kappa shape index (κ1) is 28.4. The minimum atomic E-state index is -1.41. The number of carbonyl (C=O) groups excluding carboxylic acids is 4. The number of anilines is 1. The highest BCUT2D eigenvalue weighted by molar-refractivity contribution is 6.21. The van der Waals surface area contributed by atoms with Gasteiger partial charge in [-0.15, -0.1) is 0 Å². The summed E-state index contributed by atoms with van der Waals surface area (Å²) in [7, 11) is 0. The van der Waals surface area contributed by atoms with Crippen molar-refractivity contribution in [1.82, 2.24) is 15.6 Å². The predicted octanol–water partition coefficient (Wildman–Crippen LogP) is 2.51. The van der Waals surface area contributed by atoms with Crippen LogP contribution in [0.1, 0.15) is 70.6 Å². The van der Waals surface area contributed by atoms with Crippen molar-refractivity contribution in [1.29, 1.82) is 5.41 Å². The molecule has 1 aromatic carbocycles. The maximum absolute atomic E-state index is 13.2. The predicted molar refractivity (Wildman–Crippen MR) is 138 cm³/mol. The van der Waals surface area contributed by atoms with Gasteiger partial charge in [-0.25, -0.2) is 14.5 Å². The quantitative estimate of drug-likeness (QED) is 0.137. The average molecular weight is 528 g/mol. The van der Waals surface area contributed by atoms with Crippen molar-refractivity contribution in [2.45, 2.75) is 59.1 Å². The number of aliphatic hydroxyl groups excluding tert-OH is 1. The molecule has 1 saturated carbocycles. The Kier molecular flexibility index (Phi) is 9.24. The van der Waals surface area contributed by atoms with Crippen LogP contribution in [0.15, 0.2) is 24.4 Å². The minimum Gasteiger partial charge on any atom is -0.426 e. The Labute approximate surface area is 220 Å². The summed E-state index contributed by atoms with van der Waals surface area (Å²) in [5, 5.41) is 23.8. The molecule has 1 fully saturated rings. The molecule has 1 aliphatic carbocycles. The number of H-pyrrole nitrogens is 1. The number of aliphatic hydroxyl groups is 1. The summed E-state index contributed by atoms with van der Waals surface area (Å²) in [6.45, 7) is 6.13. The molecule has 3 rings (SSSR count). The van der Waals surface area contributed by atoms with E-state index in [1.54, 1.807) is 26.0 Å². The van der Waals surface area contributed by atoms with Crippen LogP contribution in [0.4, 0.5) is 10.5 Å². The molecule has 0 radical (unpaired) electrons. The molecular weight excluding hydrogens is 494 g/mol. The van der Waals surface area contributed by atoms with Crippen LogP contribution in [0, 0.1) is 19.3 Å². The van der Waals surface area contributed by atoms with E-state index in [1.165, 1.54) is 19.2 Å². The molecule has 1 aliphatic rings. The number of nitrogens with zero attached hydrogens (tertiary/aromatic N) is 1. The zero-order valence-corrected chi connectivity index (χ0v) is 21.8. The van der Waals surface area contributed by atoms with Crippen LogP contribution in [0.25, 0.3) is 0 Å². The molecule has 0 saturated heterocycles. The number of aryl methyl sites for hydroxylation is 1. The van der Waals surface area contributed by atoms with Crippen molar-refractivity contribution in [3.8, 4) is 0 Å². The van der Waals surface area contributed by atoms with Gasteiger partial charge >= 0.3 is 12.1 Å². The van der Waals surface area contributed by atoms with Crippen molar-refractivity contribution in [3.05, 3.63) is 52.3 Å². The van der Waals surface area contributed by atoms with Crippen molar-refractivity contribution < 1.29 is 33.8 Å². The van der Waals surface area contributed by atoms with Gasteiger partial charge in [-0.1, -0.05) is 13.0 Å². The summed E-state index contributed by atoms with van der Waals surface area (Å²) in [4.78, 5) is 53.8. The number of hydrogen-bond donors (Lipinski definition) is 5. The normalized spacial score (nSPS) is 13.3. The molecule has 12 nitrogen and oxygen atoms in total. The topological polar surface area (TPSA) is 174 Å². The molecule has 5 N–H and O–H groups in total. The number of aromatic amines is 1. The molecule has 1 atom stereocenters. The van der Waals surface area contributed by atoms with E-state index in [4.69, 9.17) is 14.9 Å². The Hall–Kier alpha value is -4.19. The van der Waals surface area contributed by atoms with Gasteiger partial charge in [-0.05, 0) is 63.3 Å². The van der Waals surface area contributed by atoms with E-state index in [-0.39, 0.29) is 40.6 Å². The lowest BCUT2D eigenvalue weighted by atomic mass is 10.1. The number of aromatic nitrogens is 1. The van der Waals surface area contributed by atoms with Gasteiger partial charge in [-0.2, -0.15) is 0 Å². The maximum atomic E-state index is 13.2. The molecule has 38 heavy (non-hydrogen) atoms. The minimum absolute atomic E-state index is 0.139. The zero-order chi connectivity index (χ0) is 28.0. The average Bonchev–Trinajstić information content (AvgIpc) is 3.61. The Morgan fingerprint density at radius 3 is 2.53 bits per heavy atom. The van der Waals surface area contributed by atoms with E-state index in [0.717, 1.165) is 24.2 Å². The van der Waals surface area contributed by atoms with Gasteiger partial charge in [0.05, 0.1) is 16.9 Å². The van der Waals surface area contributed by atoms with Gasteiger partial charge in [0.2, 0.25) is 6.79 Å². The van der Waals surface area contributed by atoms with Crippen LogP contribution >= 0.6 is 0 Å². The first-order valence-corrected chi connectivity index (χ1v) is 12.3. The highest BCUT2D eigenvalue weighted by Crippen LogP contribution is 2.27. The number of amidine groups is 1. The zero-order valence-electron chi connectivity index (χ0n) is 21.8. The number of hydrogen-bond acceptors (Lipinski definition) is 8. The lowest BCUT2D eigenvalue weighted by Crippen LogP contribution is -2.39. The maximum Gasteiger partial charge on any atom is 0.423 e. The smallest absolute Gasteiger partial charge is 0.423 e. The lowest BCUT2D eigenvalue weighted by Gasteiger charge is -2.25. The fraction of sp³-hybridized carbons (Fsp3) is 0.423. The fourth-order valence-electron chi connectivity index (χ4n) is 3.55. The van der Waals surface area contributed by atoms with Crippen LogP contribution in [0.5, 0.6) is 0 Å². The Morgan fingerprint density at radius 2 is 1.89 bits per heavy atom. The molecule has 0 bridgehead atoms. The van der Waals surface area contributed by atoms with Crippen molar-refractivity contribution in [2.75, 3.05) is 18.2 Å². The number of rotatable bonds is 10. The Morgan fingerprint density at radius 1 is 1.18 bits per heavy atom. The number of nitrogens with one attached hydrogen (secondary N) is 4. The molecular formula is C26H33N5O7. The summed E-state index contributed by atoms with van der Waals surface area (Å²) >= 11 is 0. The van der Waals surface area contributed by atoms with Crippen LogP contribution in [0.3, 0.4) is 0 Å². The third-order valence-corrected chi connectivity index (χ3v) is 5.91. The van der Waals surface area contributed by atoms with E-state index in [0.29, 0.717) is 23.2 Å². The van der Waals surface area contributed by atoms with Crippen molar-refractivity contribution in [2.24, 2.45) is 0 Å². The number of esters is 1. The second-order valence-electron chi connectivity index (χ2n) is 9.06. The Balaban J connectivity index is 1.95. The van der Waals surface area contributed by atoms with Crippen molar-refractivity contribution >= 4 is 35.4 Å². The van der Waals surface area contributed by atoms with Gasteiger partial charge in [0.25, 0.3) is 11.8 Å². The molecule has 0 aliphatic heterocycles. The molecule has 12 heteroatoms. The van der Waals surface area contributed by atoms with E-state index in [2.05, 4.69) is 15.6 Å². The summed E-state index contributed by atoms with van der Waals surface area (Å²) in [6.07, 6.45) is 1.55. The molecule has 1 unspecified atom stereocenters. The standard InChI is InChI=1S/C26H33N5O7/c1-5-10-28-23(33)17-7-6-14(2)20(11-17)31(26(36)38-13-37-25(35)16(4)32)22(27)21-15(3)19(12-29-21)24(34)30-18-8-9-18/h6-7,11-12,16,18,27,29,32H,5,8-10,13H2,1-4H3,(H,28,33)(H,30,34). The SMILES string of the molecule is CCCNC(=O)c1ccc(C)c(N(C(=N)c2[nH]cc(C(=O)NC3CC3)c2C)C(=O)OCOC(=O)C(C)O)c1. The largest absolute Gasteiger partial charge is 0.426 e. The van der Waals surface area contributed by atoms with Crippen LogP contribution in [-0.2, 0) is 14.3 Å².